The molecule has 0 saturated carbocycles. The average Bonchev–Trinajstić information content (AvgIpc) is 2.30. The number of aliphatic hydroxyl groups excluding tert-OH is 1. The van der Waals surface area contributed by atoms with E-state index in [0.29, 0.717) is 26.0 Å². The average molecular weight is 227 g/mol. The van der Waals surface area contributed by atoms with Crippen LogP contribution < -0.4 is 0 Å². The summed E-state index contributed by atoms with van der Waals surface area (Å²) in [6, 6.07) is 0. The molecule has 16 heavy (non-hydrogen) atoms. The molecule has 0 saturated heterocycles. The lowest BCUT2D eigenvalue weighted by Crippen LogP contribution is -2.35. The van der Waals surface area contributed by atoms with Crippen molar-refractivity contribution in [2.75, 3.05) is 33.4 Å². The van der Waals surface area contributed by atoms with Gasteiger partial charge in [-0.25, -0.2) is 0 Å². The molecule has 4 heteroatoms. The molecular formula is C12H21NO3. The predicted octanol–water partition coefficient (Wildman–Crippen LogP) is 0.954. The van der Waals surface area contributed by atoms with E-state index in [1.165, 1.54) is 5.57 Å². The van der Waals surface area contributed by atoms with Crippen molar-refractivity contribution < 1.29 is 14.6 Å². The molecule has 92 valence electrons. The maximum atomic E-state index is 11.7. The standard InChI is InChI=1S/C12H21NO3/c1-16-10-11-5-7-13(8-6-11)12(15)4-2-3-9-14/h5,14H,2-4,6-10H2,1H3. The summed E-state index contributed by atoms with van der Waals surface area (Å²) in [4.78, 5) is 13.6. The minimum Gasteiger partial charge on any atom is -0.396 e. The van der Waals surface area contributed by atoms with Crippen LogP contribution >= 0.6 is 0 Å². The van der Waals surface area contributed by atoms with Crippen molar-refractivity contribution in [3.63, 3.8) is 0 Å². The van der Waals surface area contributed by atoms with Crippen molar-refractivity contribution in [2.24, 2.45) is 0 Å². The number of hydrogen-bond acceptors (Lipinski definition) is 3. The zero-order chi connectivity index (χ0) is 11.8. The molecule has 0 aliphatic carbocycles. The Morgan fingerprint density at radius 3 is 2.94 bits per heavy atom. The molecular weight excluding hydrogens is 206 g/mol. The molecule has 0 atom stereocenters. The highest BCUT2D eigenvalue weighted by atomic mass is 16.5. The van der Waals surface area contributed by atoms with Crippen molar-refractivity contribution in [3.8, 4) is 0 Å². The van der Waals surface area contributed by atoms with Gasteiger partial charge in [-0.2, -0.15) is 0 Å². The van der Waals surface area contributed by atoms with Gasteiger partial charge >= 0.3 is 0 Å². The summed E-state index contributed by atoms with van der Waals surface area (Å²) in [5.41, 5.74) is 1.28. The third-order valence-corrected chi connectivity index (χ3v) is 2.78. The van der Waals surface area contributed by atoms with E-state index < -0.39 is 0 Å². The third kappa shape index (κ3) is 4.33. The van der Waals surface area contributed by atoms with Crippen LogP contribution in [0.25, 0.3) is 0 Å². The van der Waals surface area contributed by atoms with Crippen molar-refractivity contribution in [3.05, 3.63) is 11.6 Å². The first kappa shape index (κ1) is 13.2. The molecule has 1 heterocycles. The summed E-state index contributed by atoms with van der Waals surface area (Å²) in [7, 11) is 1.69. The Bertz CT molecular complexity index is 251. The molecule has 0 unspecified atom stereocenters. The lowest BCUT2D eigenvalue weighted by Gasteiger charge is -2.26. The molecule has 1 aliphatic heterocycles. The van der Waals surface area contributed by atoms with E-state index in [1.807, 2.05) is 4.90 Å². The summed E-state index contributed by atoms with van der Waals surface area (Å²) in [5, 5.41) is 8.63. The van der Waals surface area contributed by atoms with Crippen LogP contribution in [0, 0.1) is 0 Å². The van der Waals surface area contributed by atoms with Crippen LogP contribution in [0.5, 0.6) is 0 Å². The molecule has 0 bridgehead atoms. The normalized spacial score (nSPS) is 16.1. The molecule has 0 aromatic rings. The van der Waals surface area contributed by atoms with Gasteiger partial charge in [0, 0.05) is 33.2 Å². The van der Waals surface area contributed by atoms with Gasteiger partial charge in [-0.05, 0) is 24.8 Å². The van der Waals surface area contributed by atoms with Gasteiger partial charge in [-0.15, -0.1) is 0 Å². The number of rotatable bonds is 6. The molecule has 0 spiro atoms. The molecule has 1 rings (SSSR count). The molecule has 0 fully saturated rings. The maximum absolute atomic E-state index is 11.7. The van der Waals surface area contributed by atoms with Crippen molar-refractivity contribution in [2.45, 2.75) is 25.7 Å². The summed E-state index contributed by atoms with van der Waals surface area (Å²) < 4.78 is 5.06. The summed E-state index contributed by atoms with van der Waals surface area (Å²) in [6.07, 6.45) is 5.04. The number of unbranched alkanes of at least 4 members (excludes halogenated alkanes) is 1. The SMILES string of the molecule is COCC1=CCN(C(=O)CCCCO)CC1. The smallest absolute Gasteiger partial charge is 0.222 e. The van der Waals surface area contributed by atoms with Crippen LogP contribution in [0.15, 0.2) is 11.6 Å². The summed E-state index contributed by atoms with van der Waals surface area (Å²) >= 11 is 0. The van der Waals surface area contributed by atoms with E-state index in [2.05, 4.69) is 6.08 Å². The monoisotopic (exact) mass is 227 g/mol. The zero-order valence-electron chi connectivity index (χ0n) is 9.95. The molecule has 1 aliphatic rings. The fourth-order valence-electron chi connectivity index (χ4n) is 1.80. The van der Waals surface area contributed by atoms with E-state index in [-0.39, 0.29) is 12.5 Å². The van der Waals surface area contributed by atoms with E-state index in [1.54, 1.807) is 7.11 Å². The molecule has 4 nitrogen and oxygen atoms in total. The first-order valence-electron chi connectivity index (χ1n) is 5.83. The Labute approximate surface area is 96.9 Å². The van der Waals surface area contributed by atoms with Crippen molar-refractivity contribution in [1.29, 1.82) is 0 Å². The molecule has 1 N–H and O–H groups in total. The van der Waals surface area contributed by atoms with Crippen LogP contribution in [0.4, 0.5) is 0 Å². The predicted molar refractivity (Wildman–Crippen MR) is 62.1 cm³/mol. The van der Waals surface area contributed by atoms with Crippen LogP contribution in [0.3, 0.4) is 0 Å². The molecule has 0 aromatic heterocycles. The minimum absolute atomic E-state index is 0.172. The van der Waals surface area contributed by atoms with E-state index in [0.717, 1.165) is 19.4 Å². The number of methoxy groups -OCH3 is 1. The Balaban J connectivity index is 2.27. The maximum Gasteiger partial charge on any atom is 0.222 e. The van der Waals surface area contributed by atoms with Crippen molar-refractivity contribution >= 4 is 5.91 Å². The highest BCUT2D eigenvalue weighted by molar-refractivity contribution is 5.76. The van der Waals surface area contributed by atoms with E-state index >= 15 is 0 Å². The second kappa shape index (κ2) is 7.41. The third-order valence-electron chi connectivity index (χ3n) is 2.78. The van der Waals surface area contributed by atoms with Gasteiger partial charge in [0.05, 0.1) is 6.61 Å². The number of nitrogens with zero attached hydrogens (tertiary/aromatic N) is 1. The van der Waals surface area contributed by atoms with Crippen LogP contribution in [-0.2, 0) is 9.53 Å². The number of carbonyl (C=O) groups is 1. The second-order valence-electron chi connectivity index (χ2n) is 4.07. The molecule has 1 amide bonds. The fraction of sp³-hybridized carbons (Fsp3) is 0.750. The lowest BCUT2D eigenvalue weighted by molar-refractivity contribution is -0.131. The van der Waals surface area contributed by atoms with Crippen LogP contribution in [-0.4, -0.2) is 49.3 Å². The van der Waals surface area contributed by atoms with Crippen LogP contribution in [0.1, 0.15) is 25.7 Å². The largest absolute Gasteiger partial charge is 0.396 e. The molecule has 0 aromatic carbocycles. The van der Waals surface area contributed by atoms with Crippen LogP contribution in [0.2, 0.25) is 0 Å². The summed E-state index contributed by atoms with van der Waals surface area (Å²) in [5.74, 6) is 0.196. The number of carbonyl (C=O) groups excluding carboxylic acids is 1. The number of amides is 1. The van der Waals surface area contributed by atoms with Gasteiger partial charge in [0.2, 0.25) is 5.91 Å². The van der Waals surface area contributed by atoms with Gasteiger partial charge in [-0.1, -0.05) is 6.08 Å². The Morgan fingerprint density at radius 2 is 2.38 bits per heavy atom. The highest BCUT2D eigenvalue weighted by Gasteiger charge is 2.16. The molecule has 0 radical (unpaired) electrons. The first-order valence-corrected chi connectivity index (χ1v) is 5.83. The van der Waals surface area contributed by atoms with Gasteiger partial charge < -0.3 is 14.7 Å². The lowest BCUT2D eigenvalue weighted by atomic mass is 10.1. The first-order chi connectivity index (χ1) is 7.77. The van der Waals surface area contributed by atoms with E-state index in [4.69, 9.17) is 9.84 Å². The fourth-order valence-corrected chi connectivity index (χ4v) is 1.80. The number of ether oxygens (including phenoxy) is 1. The van der Waals surface area contributed by atoms with Crippen molar-refractivity contribution in [1.82, 2.24) is 4.90 Å². The van der Waals surface area contributed by atoms with Gasteiger partial charge in [-0.3, -0.25) is 4.79 Å². The zero-order valence-corrected chi connectivity index (χ0v) is 9.95. The highest BCUT2D eigenvalue weighted by Crippen LogP contribution is 2.12. The Kier molecular flexibility index (Phi) is 6.11. The quantitative estimate of drug-likeness (QED) is 0.543. The van der Waals surface area contributed by atoms with Gasteiger partial charge in [0.25, 0.3) is 0 Å². The second-order valence-corrected chi connectivity index (χ2v) is 4.07. The Morgan fingerprint density at radius 1 is 1.56 bits per heavy atom. The number of hydrogen-bond donors (Lipinski definition) is 1. The number of aliphatic hydroxyl groups is 1. The summed E-state index contributed by atoms with van der Waals surface area (Å²) in [6.45, 7) is 2.35. The topological polar surface area (TPSA) is 49.8 Å². The van der Waals surface area contributed by atoms with E-state index in [9.17, 15) is 4.79 Å². The van der Waals surface area contributed by atoms with Gasteiger partial charge in [0.1, 0.15) is 0 Å². The Hall–Kier alpha value is -0.870. The van der Waals surface area contributed by atoms with Gasteiger partial charge in [0.15, 0.2) is 0 Å². The minimum atomic E-state index is 0.172.